The van der Waals surface area contributed by atoms with Gasteiger partial charge in [0, 0.05) is 30.9 Å². The third-order valence-electron chi connectivity index (χ3n) is 4.88. The topological polar surface area (TPSA) is 99.2 Å². The lowest BCUT2D eigenvalue weighted by Crippen LogP contribution is -2.38. The molecule has 2 heterocycles. The Hall–Kier alpha value is -2.27. The van der Waals surface area contributed by atoms with Crippen LogP contribution >= 0.6 is 11.6 Å². The second-order valence-electron chi connectivity index (χ2n) is 7.39. The van der Waals surface area contributed by atoms with Crippen LogP contribution in [0.4, 0.5) is 14.5 Å². The van der Waals surface area contributed by atoms with Crippen molar-refractivity contribution in [3.63, 3.8) is 0 Å². The van der Waals surface area contributed by atoms with Gasteiger partial charge in [-0.3, -0.25) is 4.79 Å². The second-order valence-corrected chi connectivity index (χ2v) is 9.91. The zero-order valence-electron chi connectivity index (χ0n) is 16.3. The van der Waals surface area contributed by atoms with Crippen LogP contribution in [-0.4, -0.2) is 48.1 Å². The van der Waals surface area contributed by atoms with Gasteiger partial charge in [-0.1, -0.05) is 18.5 Å². The summed E-state index contributed by atoms with van der Waals surface area (Å²) in [5.41, 5.74) is 0.675. The summed E-state index contributed by atoms with van der Waals surface area (Å²) in [6.45, 7) is 3.31. The Kier molecular flexibility index (Phi) is 6.06. The first kappa shape index (κ1) is 22.4. The van der Waals surface area contributed by atoms with Crippen LogP contribution in [0, 0.1) is 17.0 Å². The monoisotopic (exact) mass is 462 g/mol. The zero-order valence-corrected chi connectivity index (χ0v) is 17.9. The quantitative estimate of drug-likeness (QED) is 0.442. The summed E-state index contributed by atoms with van der Waals surface area (Å²) in [5.74, 6) is -6.74. The summed E-state index contributed by atoms with van der Waals surface area (Å²) >= 11 is 6.19. The molecule has 1 amide bonds. The van der Waals surface area contributed by atoms with Crippen LogP contribution in [0.15, 0.2) is 30.7 Å². The van der Waals surface area contributed by atoms with E-state index < -0.39 is 51.4 Å². The van der Waals surface area contributed by atoms with E-state index in [1.165, 1.54) is 41.2 Å². The first-order valence-electron chi connectivity index (χ1n) is 9.27. The fraction of sp³-hybridized carbons (Fsp3) is 0.500. The molecule has 30 heavy (non-hydrogen) atoms. The molecule has 2 atom stereocenters. The highest BCUT2D eigenvalue weighted by Gasteiger charge is 2.58. The number of pyridine rings is 1. The van der Waals surface area contributed by atoms with Crippen molar-refractivity contribution in [1.29, 1.82) is 0 Å². The molecule has 0 N–H and O–H groups in total. The Bertz CT molecular complexity index is 1060. The minimum absolute atomic E-state index is 0.000758. The molecular weight excluding hydrogens is 442 g/mol. The Labute approximate surface area is 177 Å². The van der Waals surface area contributed by atoms with E-state index in [9.17, 15) is 27.2 Å². The number of carbonyl (C=O) groups is 1. The van der Waals surface area contributed by atoms with Crippen LogP contribution in [-0.2, 0) is 14.6 Å². The first-order chi connectivity index (χ1) is 13.9. The molecule has 0 bridgehead atoms. The van der Waals surface area contributed by atoms with Crippen molar-refractivity contribution in [2.75, 3.05) is 23.0 Å². The molecule has 0 spiro atoms. The van der Waals surface area contributed by atoms with E-state index in [0.29, 0.717) is 10.4 Å². The van der Waals surface area contributed by atoms with Crippen molar-refractivity contribution in [3.05, 3.63) is 41.1 Å². The molecule has 0 aromatic carbocycles. The second kappa shape index (κ2) is 8.10. The van der Waals surface area contributed by atoms with Gasteiger partial charge in [-0.15, -0.1) is 0 Å². The number of hydrogen-bond donors (Lipinski definition) is 0. The van der Waals surface area contributed by atoms with Crippen molar-refractivity contribution in [1.82, 2.24) is 9.78 Å². The van der Waals surface area contributed by atoms with E-state index in [-0.39, 0.29) is 17.4 Å². The summed E-state index contributed by atoms with van der Waals surface area (Å²) in [7, 11) is -3.83. The van der Waals surface area contributed by atoms with Gasteiger partial charge in [-0.25, -0.2) is 21.9 Å². The minimum atomic E-state index is -3.83. The molecule has 0 radical (unpaired) electrons. The van der Waals surface area contributed by atoms with Crippen LogP contribution in [0.3, 0.4) is 0 Å². The lowest BCUT2D eigenvalue weighted by molar-refractivity contribution is -0.605. The first-order valence-corrected chi connectivity index (χ1v) is 11.5. The van der Waals surface area contributed by atoms with Gasteiger partial charge in [-0.05, 0) is 13.0 Å². The molecule has 1 aliphatic carbocycles. The average Bonchev–Trinajstić information content (AvgIpc) is 3.05. The Morgan fingerprint density at radius 3 is 2.77 bits per heavy atom. The molecule has 12 heteroatoms. The van der Waals surface area contributed by atoms with E-state index in [4.69, 9.17) is 11.6 Å². The molecule has 0 saturated heterocycles. The highest BCUT2D eigenvalue weighted by molar-refractivity contribution is 7.91. The number of halogens is 3. The summed E-state index contributed by atoms with van der Waals surface area (Å²) in [6, 6.07) is 3.15. The van der Waals surface area contributed by atoms with Crippen molar-refractivity contribution in [2.45, 2.75) is 26.2 Å². The van der Waals surface area contributed by atoms with Crippen LogP contribution in [0.25, 0.3) is 5.69 Å². The molecule has 8 nitrogen and oxygen atoms in total. The fourth-order valence-electron chi connectivity index (χ4n) is 3.22. The maximum absolute atomic E-state index is 13.1. The predicted molar refractivity (Wildman–Crippen MR) is 106 cm³/mol. The highest BCUT2D eigenvalue weighted by atomic mass is 35.5. The van der Waals surface area contributed by atoms with E-state index in [1.54, 1.807) is 13.0 Å². The number of hydrogen-bond acceptors (Lipinski definition) is 5. The van der Waals surface area contributed by atoms with E-state index in [1.807, 2.05) is 0 Å². The molecule has 1 aliphatic rings. The summed E-state index contributed by atoms with van der Waals surface area (Å²) < 4.78 is 52.5. The number of rotatable bonds is 8. The van der Waals surface area contributed by atoms with Crippen LogP contribution in [0.2, 0.25) is 5.15 Å². The average molecular weight is 463 g/mol. The minimum Gasteiger partial charge on any atom is -0.619 e. The number of alkyl halides is 2. The molecule has 164 valence electrons. The van der Waals surface area contributed by atoms with E-state index >= 15 is 0 Å². The van der Waals surface area contributed by atoms with E-state index in [2.05, 4.69) is 5.10 Å². The van der Waals surface area contributed by atoms with Gasteiger partial charge in [-0.2, -0.15) is 9.83 Å². The van der Waals surface area contributed by atoms with Gasteiger partial charge in [0.05, 0.1) is 17.7 Å². The predicted octanol–water partition coefficient (Wildman–Crippen LogP) is 2.22. The van der Waals surface area contributed by atoms with Gasteiger partial charge in [0.15, 0.2) is 21.2 Å². The molecule has 2 unspecified atom stereocenters. The van der Waals surface area contributed by atoms with Crippen LogP contribution in [0.1, 0.15) is 20.3 Å². The normalized spacial score (nSPS) is 18.8. The van der Waals surface area contributed by atoms with Crippen molar-refractivity contribution >= 4 is 33.0 Å². The Morgan fingerprint density at radius 1 is 1.53 bits per heavy atom. The molecule has 0 aliphatic heterocycles. The van der Waals surface area contributed by atoms with Crippen molar-refractivity contribution < 1.29 is 26.7 Å². The fourth-order valence-corrected chi connectivity index (χ4v) is 5.47. The van der Waals surface area contributed by atoms with Crippen LogP contribution in [0.5, 0.6) is 0 Å². The lowest BCUT2D eigenvalue weighted by Gasteiger charge is -2.23. The van der Waals surface area contributed by atoms with Gasteiger partial charge in [0.1, 0.15) is 11.4 Å². The third-order valence-corrected chi connectivity index (χ3v) is 7.07. The number of anilines is 1. The third kappa shape index (κ3) is 4.89. The maximum atomic E-state index is 13.1. The molecule has 3 rings (SSSR count). The number of nitrogens with zero attached hydrogens (tertiary/aromatic N) is 4. The standard InChI is InChI=1S/C18H21ClF2N4O4S/c1-3-24(15-9-25(22-16(15)19)14-5-4-6-23(27)8-14)17(26)12(2)10-30(28,29)11-13-7-18(13,20)21/h4-6,8-9,12-13H,3,7,10-11H2,1-2H3. The summed E-state index contributed by atoms with van der Waals surface area (Å²) in [4.78, 5) is 14.2. The molecule has 2 aromatic heterocycles. The summed E-state index contributed by atoms with van der Waals surface area (Å²) in [6.07, 6.45) is 3.60. The van der Waals surface area contributed by atoms with Crippen LogP contribution < -0.4 is 9.63 Å². The van der Waals surface area contributed by atoms with Gasteiger partial charge in [0.25, 0.3) is 5.92 Å². The number of sulfone groups is 1. The largest absolute Gasteiger partial charge is 0.619 e. The van der Waals surface area contributed by atoms with Gasteiger partial charge in [0.2, 0.25) is 12.1 Å². The maximum Gasteiger partial charge on any atom is 0.252 e. The summed E-state index contributed by atoms with van der Waals surface area (Å²) in [5, 5.41) is 15.6. The SMILES string of the molecule is CCN(C(=O)C(C)CS(=O)(=O)CC1CC1(F)F)c1cn(-c2ccc[n+]([O-])c2)nc1Cl. The van der Waals surface area contributed by atoms with Crippen molar-refractivity contribution in [2.24, 2.45) is 11.8 Å². The molecular formula is C18H21ClF2N4O4S. The Morgan fingerprint density at radius 2 is 2.20 bits per heavy atom. The van der Waals surface area contributed by atoms with Crippen molar-refractivity contribution in [3.8, 4) is 5.69 Å². The number of carbonyl (C=O) groups excluding carboxylic acids is 1. The Balaban J connectivity index is 1.76. The zero-order chi connectivity index (χ0) is 22.3. The number of aromatic nitrogens is 3. The molecule has 1 saturated carbocycles. The van der Waals surface area contributed by atoms with Gasteiger partial charge < -0.3 is 10.1 Å². The molecule has 2 aromatic rings. The number of amides is 1. The highest BCUT2D eigenvalue weighted by Crippen LogP contribution is 2.49. The van der Waals surface area contributed by atoms with Gasteiger partial charge >= 0.3 is 0 Å². The smallest absolute Gasteiger partial charge is 0.252 e. The van der Waals surface area contributed by atoms with E-state index in [0.717, 1.165) is 0 Å². The molecule has 1 fully saturated rings. The lowest BCUT2D eigenvalue weighted by atomic mass is 10.2.